The van der Waals surface area contributed by atoms with Gasteiger partial charge in [0.15, 0.2) is 0 Å². The Morgan fingerprint density at radius 1 is 1.12 bits per heavy atom. The molecule has 0 radical (unpaired) electrons. The maximum absolute atomic E-state index is 12.6. The van der Waals surface area contributed by atoms with Gasteiger partial charge in [-0.1, -0.05) is 33.6 Å². The topological polar surface area (TPSA) is 66.5 Å². The van der Waals surface area contributed by atoms with Crippen molar-refractivity contribution in [1.29, 1.82) is 0 Å². The third-order valence-electron chi connectivity index (χ3n) is 3.98. The zero-order valence-electron chi connectivity index (χ0n) is 13.2. The molecule has 25 heavy (non-hydrogen) atoms. The Morgan fingerprint density at radius 3 is 2.52 bits per heavy atom. The van der Waals surface area contributed by atoms with Crippen molar-refractivity contribution in [2.45, 2.75) is 17.7 Å². The van der Waals surface area contributed by atoms with E-state index in [0.29, 0.717) is 23.8 Å². The molecule has 0 aromatic heterocycles. The minimum absolute atomic E-state index is 0.129. The van der Waals surface area contributed by atoms with E-state index in [1.165, 1.54) is 16.4 Å². The lowest BCUT2D eigenvalue weighted by atomic mass is 10.2. The number of hydrogen-bond acceptors (Lipinski definition) is 3. The number of rotatable bonds is 4. The van der Waals surface area contributed by atoms with Crippen LogP contribution in [-0.2, 0) is 10.0 Å². The minimum atomic E-state index is -3.56. The van der Waals surface area contributed by atoms with E-state index in [-0.39, 0.29) is 10.5 Å². The molecule has 5 nitrogen and oxygen atoms in total. The van der Waals surface area contributed by atoms with Gasteiger partial charge >= 0.3 is 0 Å². The van der Waals surface area contributed by atoms with Crippen LogP contribution in [0.2, 0.25) is 5.02 Å². The summed E-state index contributed by atoms with van der Waals surface area (Å²) >= 11 is 9.41. The zero-order valence-corrected chi connectivity index (χ0v) is 16.4. The Labute approximate surface area is 160 Å². The van der Waals surface area contributed by atoms with Crippen LogP contribution in [-0.4, -0.2) is 31.7 Å². The summed E-state index contributed by atoms with van der Waals surface area (Å²) < 4.78 is 27.5. The molecule has 132 valence electrons. The molecule has 1 aliphatic heterocycles. The predicted octanol–water partition coefficient (Wildman–Crippen LogP) is 4.14. The summed E-state index contributed by atoms with van der Waals surface area (Å²) in [6.07, 6.45) is 1.73. The molecule has 8 heteroatoms. The number of anilines is 1. The smallest absolute Gasteiger partial charge is 0.255 e. The van der Waals surface area contributed by atoms with Crippen LogP contribution in [0.4, 0.5) is 5.69 Å². The molecule has 0 unspecified atom stereocenters. The number of halogens is 2. The van der Waals surface area contributed by atoms with Gasteiger partial charge in [0.2, 0.25) is 10.0 Å². The van der Waals surface area contributed by atoms with Crippen LogP contribution < -0.4 is 5.32 Å². The molecule has 3 rings (SSSR count). The number of benzene rings is 2. The maximum Gasteiger partial charge on any atom is 0.255 e. The lowest BCUT2D eigenvalue weighted by Crippen LogP contribution is -2.28. The first-order valence-corrected chi connectivity index (χ1v) is 10.4. The van der Waals surface area contributed by atoms with Gasteiger partial charge in [-0.2, -0.15) is 4.31 Å². The third kappa shape index (κ3) is 4.06. The quantitative estimate of drug-likeness (QED) is 0.772. The van der Waals surface area contributed by atoms with Crippen molar-refractivity contribution in [3.63, 3.8) is 0 Å². The monoisotopic (exact) mass is 442 g/mol. The summed E-state index contributed by atoms with van der Waals surface area (Å²) in [5.74, 6) is -0.414. The number of carbonyl (C=O) groups excluding carboxylic acids is 1. The average Bonchev–Trinajstić information content (AvgIpc) is 3.13. The summed E-state index contributed by atoms with van der Waals surface area (Å²) in [5.41, 5.74) is 0.724. The normalized spacial score (nSPS) is 15.3. The first kappa shape index (κ1) is 18.4. The molecule has 1 aliphatic rings. The maximum atomic E-state index is 12.6. The van der Waals surface area contributed by atoms with Gasteiger partial charge in [-0.05, 0) is 49.2 Å². The molecule has 1 N–H and O–H groups in total. The average molecular weight is 444 g/mol. The fraction of sp³-hybridized carbons (Fsp3) is 0.235. The SMILES string of the molecule is O=C(Nc1ccc(Br)cc1Cl)c1cccc(S(=O)(=O)N2CCCC2)c1. The van der Waals surface area contributed by atoms with Gasteiger partial charge in [-0.15, -0.1) is 0 Å². The standard InChI is InChI=1S/C17H16BrClN2O3S/c18-13-6-7-16(15(19)11-13)20-17(22)12-4-3-5-14(10-12)25(23,24)21-8-1-2-9-21/h3-7,10-11H,1-2,8-9H2,(H,20,22). The second kappa shape index (κ2) is 7.45. The molecule has 1 fully saturated rings. The predicted molar refractivity (Wildman–Crippen MR) is 102 cm³/mol. The number of sulfonamides is 1. The molecule has 2 aromatic carbocycles. The van der Waals surface area contributed by atoms with E-state index in [1.54, 1.807) is 30.3 Å². The lowest BCUT2D eigenvalue weighted by Gasteiger charge is -2.16. The van der Waals surface area contributed by atoms with Gasteiger partial charge < -0.3 is 5.32 Å². The Kier molecular flexibility index (Phi) is 5.48. The van der Waals surface area contributed by atoms with Crippen molar-refractivity contribution in [3.8, 4) is 0 Å². The molecule has 2 aromatic rings. The van der Waals surface area contributed by atoms with Crippen LogP contribution >= 0.6 is 27.5 Å². The van der Waals surface area contributed by atoms with Crippen molar-refractivity contribution < 1.29 is 13.2 Å². The fourth-order valence-electron chi connectivity index (χ4n) is 2.66. The summed E-state index contributed by atoms with van der Waals surface area (Å²) in [6, 6.07) is 11.2. The highest BCUT2D eigenvalue weighted by Crippen LogP contribution is 2.27. The van der Waals surface area contributed by atoms with Crippen LogP contribution in [0.25, 0.3) is 0 Å². The third-order valence-corrected chi connectivity index (χ3v) is 6.68. The molecule has 0 atom stereocenters. The second-order valence-electron chi connectivity index (χ2n) is 5.72. The Bertz CT molecular complexity index is 912. The Morgan fingerprint density at radius 2 is 1.84 bits per heavy atom. The largest absolute Gasteiger partial charge is 0.321 e. The number of hydrogen-bond donors (Lipinski definition) is 1. The molecule has 0 aliphatic carbocycles. The van der Waals surface area contributed by atoms with Crippen molar-refractivity contribution in [1.82, 2.24) is 4.31 Å². The number of nitrogens with one attached hydrogen (secondary N) is 1. The Hall–Kier alpha value is -1.41. The van der Waals surface area contributed by atoms with E-state index in [1.807, 2.05) is 0 Å². The summed E-state index contributed by atoms with van der Waals surface area (Å²) in [6.45, 7) is 1.04. The van der Waals surface area contributed by atoms with Gasteiger partial charge in [0.25, 0.3) is 5.91 Å². The van der Waals surface area contributed by atoms with E-state index in [4.69, 9.17) is 11.6 Å². The number of carbonyl (C=O) groups is 1. The molecular formula is C17H16BrClN2O3S. The lowest BCUT2D eigenvalue weighted by molar-refractivity contribution is 0.102. The van der Waals surface area contributed by atoms with Gasteiger partial charge in [-0.25, -0.2) is 8.42 Å². The van der Waals surface area contributed by atoms with E-state index in [9.17, 15) is 13.2 Å². The molecule has 1 saturated heterocycles. The van der Waals surface area contributed by atoms with Gasteiger partial charge in [0, 0.05) is 23.1 Å². The molecule has 0 bridgehead atoms. The van der Waals surface area contributed by atoms with E-state index in [2.05, 4.69) is 21.2 Å². The Balaban J connectivity index is 1.84. The van der Waals surface area contributed by atoms with Crippen LogP contribution in [0.5, 0.6) is 0 Å². The van der Waals surface area contributed by atoms with Crippen LogP contribution in [0.1, 0.15) is 23.2 Å². The van der Waals surface area contributed by atoms with Crippen LogP contribution in [0, 0.1) is 0 Å². The van der Waals surface area contributed by atoms with Gasteiger partial charge in [0.05, 0.1) is 15.6 Å². The van der Waals surface area contributed by atoms with Gasteiger partial charge in [0.1, 0.15) is 0 Å². The minimum Gasteiger partial charge on any atom is -0.321 e. The summed E-state index contributed by atoms with van der Waals surface area (Å²) in [7, 11) is -3.56. The summed E-state index contributed by atoms with van der Waals surface area (Å²) in [5, 5.41) is 3.09. The molecule has 1 heterocycles. The molecular weight excluding hydrogens is 428 g/mol. The zero-order chi connectivity index (χ0) is 18.0. The van der Waals surface area contributed by atoms with Crippen molar-refractivity contribution >= 4 is 49.1 Å². The fourth-order valence-corrected chi connectivity index (χ4v) is 4.94. The molecule has 1 amide bonds. The highest BCUT2D eigenvalue weighted by atomic mass is 79.9. The van der Waals surface area contributed by atoms with Crippen molar-refractivity contribution in [3.05, 3.63) is 57.5 Å². The van der Waals surface area contributed by atoms with Crippen molar-refractivity contribution in [2.75, 3.05) is 18.4 Å². The summed E-state index contributed by atoms with van der Waals surface area (Å²) in [4.78, 5) is 12.6. The molecule has 0 spiro atoms. The first-order chi connectivity index (χ1) is 11.9. The van der Waals surface area contributed by atoms with Gasteiger partial charge in [-0.3, -0.25) is 4.79 Å². The highest BCUT2D eigenvalue weighted by molar-refractivity contribution is 9.10. The van der Waals surface area contributed by atoms with E-state index < -0.39 is 15.9 Å². The molecule has 0 saturated carbocycles. The van der Waals surface area contributed by atoms with Crippen LogP contribution in [0.15, 0.2) is 51.8 Å². The second-order valence-corrected chi connectivity index (χ2v) is 8.98. The van der Waals surface area contributed by atoms with Crippen molar-refractivity contribution in [2.24, 2.45) is 0 Å². The number of nitrogens with zero attached hydrogens (tertiary/aromatic N) is 1. The highest BCUT2D eigenvalue weighted by Gasteiger charge is 2.27. The number of amides is 1. The first-order valence-electron chi connectivity index (χ1n) is 7.74. The van der Waals surface area contributed by atoms with E-state index >= 15 is 0 Å². The van der Waals surface area contributed by atoms with Crippen LogP contribution in [0.3, 0.4) is 0 Å². The van der Waals surface area contributed by atoms with E-state index in [0.717, 1.165) is 17.3 Å².